The standard InChI is InChI=1S/C18H14ClNO2.C18H12F3NO.C17H12FNO/c1-22-16-8-4-13(5-9-16)17-10-14(11-18(21)20-17)12-2-6-15(19)7-3-12;19-18(20,21)15-8-6-13(7-9-15)16-10-14(11-17(23)22-16)12-4-2-1-3-5-12;18-15-9-5-4-8-14(15)13-10-16(19-17(20)11-13)12-6-2-1-3-7-12/h2-11H,1H3,(H,20,21);1-11H,(H,22,23);1-11H,(H,19,20). The second-order valence-electron chi connectivity index (χ2n) is 14.5. The number of benzene rings is 6. The highest BCUT2D eigenvalue weighted by molar-refractivity contribution is 6.30. The van der Waals surface area contributed by atoms with Crippen LogP contribution in [-0.2, 0) is 6.18 Å². The SMILES string of the molecule is COc1ccc(-c2cc(-c3ccc(Cl)cc3)cc(=O)[nH]2)cc1.O=c1cc(-c2ccccc2)cc(-c2ccc(C(F)(F)F)cc2)[nH]1.O=c1cc(-c2ccccc2F)cc(-c2ccccc2)[nH]1. The lowest BCUT2D eigenvalue weighted by Gasteiger charge is -2.09. The number of aromatic nitrogens is 3. The van der Waals surface area contributed by atoms with Gasteiger partial charge in [-0.25, -0.2) is 4.39 Å². The first-order valence-corrected chi connectivity index (χ1v) is 20.4. The molecule has 9 rings (SSSR count). The number of hydrogen-bond acceptors (Lipinski definition) is 4. The third kappa shape index (κ3) is 11.9. The molecule has 0 saturated carbocycles. The van der Waals surface area contributed by atoms with E-state index in [9.17, 15) is 31.9 Å². The van der Waals surface area contributed by atoms with Crippen molar-refractivity contribution >= 4 is 11.6 Å². The molecule has 6 aromatic carbocycles. The number of nitrogens with one attached hydrogen (secondary N) is 3. The van der Waals surface area contributed by atoms with E-state index in [4.69, 9.17) is 16.3 Å². The normalized spacial score (nSPS) is 10.8. The summed E-state index contributed by atoms with van der Waals surface area (Å²) in [5, 5.41) is 0.670. The number of H-pyrrole nitrogens is 3. The van der Waals surface area contributed by atoms with E-state index < -0.39 is 11.7 Å². The maximum absolute atomic E-state index is 13.8. The van der Waals surface area contributed by atoms with E-state index in [-0.39, 0.29) is 22.5 Å². The molecule has 0 radical (unpaired) electrons. The molecule has 0 aliphatic heterocycles. The van der Waals surface area contributed by atoms with Crippen molar-refractivity contribution in [3.8, 4) is 72.9 Å². The Labute approximate surface area is 375 Å². The maximum atomic E-state index is 13.8. The largest absolute Gasteiger partial charge is 0.497 e. The molecule has 7 nitrogen and oxygen atoms in total. The monoisotopic (exact) mass is 891 g/mol. The topological polar surface area (TPSA) is 108 Å². The van der Waals surface area contributed by atoms with Gasteiger partial charge in [0.25, 0.3) is 0 Å². The molecule has 9 aromatic rings. The van der Waals surface area contributed by atoms with Gasteiger partial charge in [-0.15, -0.1) is 0 Å². The summed E-state index contributed by atoms with van der Waals surface area (Å²) in [6, 6.07) is 54.8. The molecule has 3 N–H and O–H groups in total. The Kier molecular flexibility index (Phi) is 14.2. The van der Waals surface area contributed by atoms with Gasteiger partial charge in [-0.1, -0.05) is 115 Å². The van der Waals surface area contributed by atoms with E-state index in [0.29, 0.717) is 38.7 Å². The molecule has 0 atom stereocenters. The minimum atomic E-state index is -4.38. The molecule has 0 amide bonds. The summed E-state index contributed by atoms with van der Waals surface area (Å²) in [5.41, 5.74) is 7.23. The van der Waals surface area contributed by atoms with Crippen LogP contribution in [0, 0.1) is 5.82 Å². The van der Waals surface area contributed by atoms with Gasteiger partial charge in [0.05, 0.1) is 12.7 Å². The Bertz CT molecular complexity index is 3190. The number of rotatable bonds is 7. The molecule has 0 spiro atoms. The zero-order chi connectivity index (χ0) is 45.9. The van der Waals surface area contributed by atoms with Crippen LogP contribution in [0.3, 0.4) is 0 Å². The first kappa shape index (κ1) is 45.0. The fourth-order valence-corrected chi connectivity index (χ4v) is 6.91. The van der Waals surface area contributed by atoms with Crippen molar-refractivity contribution in [1.82, 2.24) is 15.0 Å². The van der Waals surface area contributed by atoms with Crippen LogP contribution in [0.5, 0.6) is 5.75 Å². The summed E-state index contributed by atoms with van der Waals surface area (Å²) in [5.74, 6) is 0.442. The quantitative estimate of drug-likeness (QED) is 0.139. The van der Waals surface area contributed by atoms with Crippen LogP contribution >= 0.6 is 11.6 Å². The Morgan fingerprint density at radius 1 is 0.431 bits per heavy atom. The van der Waals surface area contributed by atoms with Gasteiger partial charge in [0.1, 0.15) is 11.6 Å². The lowest BCUT2D eigenvalue weighted by atomic mass is 10.0. The Balaban J connectivity index is 0.000000146. The lowest BCUT2D eigenvalue weighted by Crippen LogP contribution is -2.07. The fourth-order valence-electron chi connectivity index (χ4n) is 6.78. The summed E-state index contributed by atoms with van der Waals surface area (Å²) in [7, 11) is 1.62. The fraction of sp³-hybridized carbons (Fsp3) is 0.0377. The molecule has 0 unspecified atom stereocenters. The first-order valence-electron chi connectivity index (χ1n) is 20.0. The third-order valence-electron chi connectivity index (χ3n) is 10.0. The van der Waals surface area contributed by atoms with Crippen molar-refractivity contribution in [3.63, 3.8) is 0 Å². The Morgan fingerprint density at radius 2 is 0.815 bits per heavy atom. The van der Waals surface area contributed by atoms with Gasteiger partial charge in [0, 0.05) is 45.9 Å². The van der Waals surface area contributed by atoms with Crippen LogP contribution in [-0.4, -0.2) is 22.1 Å². The van der Waals surface area contributed by atoms with Gasteiger partial charge in [-0.2, -0.15) is 13.2 Å². The summed E-state index contributed by atoms with van der Waals surface area (Å²) in [6.45, 7) is 0. The van der Waals surface area contributed by atoms with E-state index in [2.05, 4.69) is 15.0 Å². The summed E-state index contributed by atoms with van der Waals surface area (Å²) in [6.07, 6.45) is -4.38. The lowest BCUT2D eigenvalue weighted by molar-refractivity contribution is -0.137. The van der Waals surface area contributed by atoms with Gasteiger partial charge in [-0.05, 0) is 117 Å². The number of ether oxygens (including phenoxy) is 1. The molecular weight excluding hydrogens is 854 g/mol. The van der Waals surface area contributed by atoms with E-state index in [1.54, 1.807) is 43.5 Å². The molecule has 324 valence electrons. The van der Waals surface area contributed by atoms with Crippen LogP contribution in [0.25, 0.3) is 67.2 Å². The van der Waals surface area contributed by atoms with Gasteiger partial charge in [0.15, 0.2) is 0 Å². The minimum absolute atomic E-state index is 0.140. The van der Waals surface area contributed by atoms with Crippen molar-refractivity contribution in [3.05, 3.63) is 242 Å². The number of halogens is 5. The highest BCUT2D eigenvalue weighted by atomic mass is 35.5. The van der Waals surface area contributed by atoms with Crippen LogP contribution in [0.2, 0.25) is 5.02 Å². The molecule has 12 heteroatoms. The van der Waals surface area contributed by atoms with Crippen molar-refractivity contribution in [2.24, 2.45) is 0 Å². The van der Waals surface area contributed by atoms with Gasteiger partial charge < -0.3 is 19.7 Å². The Morgan fingerprint density at radius 3 is 1.29 bits per heavy atom. The predicted molar refractivity (Wildman–Crippen MR) is 250 cm³/mol. The highest BCUT2D eigenvalue weighted by Gasteiger charge is 2.30. The van der Waals surface area contributed by atoms with Gasteiger partial charge in [-0.3, -0.25) is 14.4 Å². The zero-order valence-corrected chi connectivity index (χ0v) is 35.3. The molecule has 0 aliphatic carbocycles. The molecule has 0 bridgehead atoms. The molecule has 65 heavy (non-hydrogen) atoms. The third-order valence-corrected chi connectivity index (χ3v) is 10.3. The summed E-state index contributed by atoms with van der Waals surface area (Å²) in [4.78, 5) is 43.9. The van der Waals surface area contributed by atoms with Crippen LogP contribution in [0.15, 0.2) is 209 Å². The van der Waals surface area contributed by atoms with Crippen molar-refractivity contribution in [2.45, 2.75) is 6.18 Å². The van der Waals surface area contributed by atoms with Crippen molar-refractivity contribution in [2.75, 3.05) is 7.11 Å². The van der Waals surface area contributed by atoms with Crippen LogP contribution in [0.1, 0.15) is 5.56 Å². The van der Waals surface area contributed by atoms with E-state index in [1.807, 2.05) is 115 Å². The second kappa shape index (κ2) is 20.4. The maximum Gasteiger partial charge on any atom is 0.416 e. The summed E-state index contributed by atoms with van der Waals surface area (Å²) < 4.78 is 56.8. The molecule has 0 fully saturated rings. The van der Waals surface area contributed by atoms with Gasteiger partial charge in [0.2, 0.25) is 16.7 Å². The first-order chi connectivity index (χ1) is 31.3. The van der Waals surface area contributed by atoms with Crippen LogP contribution < -0.4 is 21.4 Å². The number of methoxy groups -OCH3 is 1. The Hall–Kier alpha value is -8.02. The molecule has 0 saturated heterocycles. The average Bonchev–Trinajstić information content (AvgIpc) is 3.32. The smallest absolute Gasteiger partial charge is 0.416 e. The minimum Gasteiger partial charge on any atom is -0.497 e. The molecule has 3 heterocycles. The zero-order valence-electron chi connectivity index (χ0n) is 34.5. The number of hydrogen-bond donors (Lipinski definition) is 3. The van der Waals surface area contributed by atoms with Crippen molar-refractivity contribution < 1.29 is 22.3 Å². The van der Waals surface area contributed by atoms with Crippen molar-refractivity contribution in [1.29, 1.82) is 0 Å². The highest BCUT2D eigenvalue weighted by Crippen LogP contribution is 2.32. The number of pyridine rings is 3. The molecule has 0 aliphatic rings. The van der Waals surface area contributed by atoms with Gasteiger partial charge >= 0.3 is 6.18 Å². The van der Waals surface area contributed by atoms with E-state index in [0.717, 1.165) is 51.4 Å². The van der Waals surface area contributed by atoms with E-state index in [1.165, 1.54) is 30.3 Å². The second-order valence-corrected chi connectivity index (χ2v) is 14.9. The molecule has 3 aromatic heterocycles. The number of aromatic amines is 3. The number of alkyl halides is 3. The average molecular weight is 892 g/mol. The molecular formula is C53H38ClF4N3O4. The van der Waals surface area contributed by atoms with E-state index >= 15 is 0 Å². The predicted octanol–water partition coefficient (Wildman–Crippen LogP) is 12.9. The summed E-state index contributed by atoms with van der Waals surface area (Å²) >= 11 is 5.91. The van der Waals surface area contributed by atoms with Crippen LogP contribution in [0.4, 0.5) is 17.6 Å².